The van der Waals surface area contributed by atoms with Gasteiger partial charge in [-0.05, 0) is 54.2 Å². The van der Waals surface area contributed by atoms with E-state index in [4.69, 9.17) is 14.9 Å². The third kappa shape index (κ3) is 5.56. The van der Waals surface area contributed by atoms with Crippen molar-refractivity contribution in [3.05, 3.63) is 102 Å². The summed E-state index contributed by atoms with van der Waals surface area (Å²) in [7, 11) is 1.43. The number of imidazole rings is 1. The van der Waals surface area contributed by atoms with E-state index >= 15 is 0 Å². The number of aromatic amines is 1. The number of methoxy groups -OCH3 is 1. The summed E-state index contributed by atoms with van der Waals surface area (Å²) in [6.45, 7) is 1.81. The lowest BCUT2D eigenvalue weighted by Crippen LogP contribution is -2.21. The maximum atomic E-state index is 12.7. The minimum Gasteiger partial charge on any atom is -0.468 e. The Hall–Kier alpha value is -4.98. The Bertz CT molecular complexity index is 1540. The van der Waals surface area contributed by atoms with Gasteiger partial charge in [0.25, 0.3) is 0 Å². The van der Waals surface area contributed by atoms with Crippen molar-refractivity contribution in [1.29, 1.82) is 5.41 Å². The van der Waals surface area contributed by atoms with E-state index in [2.05, 4.69) is 15.3 Å². The first-order chi connectivity index (χ1) is 19.4. The summed E-state index contributed by atoms with van der Waals surface area (Å²) in [5, 5.41) is 10.0. The molecule has 0 aliphatic heterocycles. The molecular weight excluding hydrogens is 504 g/mol. The first kappa shape index (κ1) is 26.6. The molecular formula is C32H30N4O4. The normalized spacial score (nSPS) is 14.3. The van der Waals surface area contributed by atoms with Gasteiger partial charge >= 0.3 is 12.1 Å². The maximum Gasteiger partial charge on any atom is 0.413 e. The highest BCUT2D eigenvalue weighted by molar-refractivity contribution is 5.90. The Kier molecular flexibility index (Phi) is 7.59. The lowest BCUT2D eigenvalue weighted by molar-refractivity contribution is -0.143. The Labute approximate surface area is 232 Å². The molecule has 5 rings (SSSR count). The van der Waals surface area contributed by atoms with Crippen molar-refractivity contribution >= 4 is 30.2 Å². The molecule has 1 atom stereocenters. The summed E-state index contributed by atoms with van der Waals surface area (Å²) in [5.74, 6) is 0.635. The van der Waals surface area contributed by atoms with E-state index in [1.807, 2.05) is 85.8 Å². The van der Waals surface area contributed by atoms with Crippen LogP contribution in [0.2, 0.25) is 0 Å². The Balaban J connectivity index is 1.35. The molecule has 1 fully saturated rings. The zero-order valence-corrected chi connectivity index (χ0v) is 22.3. The summed E-state index contributed by atoms with van der Waals surface area (Å²) < 4.78 is 10.6. The van der Waals surface area contributed by atoms with Gasteiger partial charge in [-0.1, -0.05) is 78.9 Å². The van der Waals surface area contributed by atoms with Crippen molar-refractivity contribution in [3.8, 4) is 22.4 Å². The minimum atomic E-state index is -0.621. The first-order valence-corrected chi connectivity index (χ1v) is 13.0. The van der Waals surface area contributed by atoms with Crippen LogP contribution >= 0.6 is 0 Å². The number of nitrogens with zero attached hydrogens (tertiary/aromatic N) is 1. The molecule has 8 nitrogen and oxygen atoms in total. The fourth-order valence-electron chi connectivity index (χ4n) is 4.73. The number of anilines is 1. The van der Waals surface area contributed by atoms with Gasteiger partial charge in [-0.3, -0.25) is 10.1 Å². The van der Waals surface area contributed by atoms with E-state index in [1.165, 1.54) is 7.11 Å². The second kappa shape index (κ2) is 11.4. The second-order valence-electron chi connectivity index (χ2n) is 9.68. The van der Waals surface area contributed by atoms with E-state index in [9.17, 15) is 9.59 Å². The molecule has 1 heterocycles. The number of aromatic nitrogens is 2. The molecule has 1 aliphatic rings. The van der Waals surface area contributed by atoms with E-state index in [-0.39, 0.29) is 5.97 Å². The quantitative estimate of drug-likeness (QED) is 0.159. The number of nitrogens with one attached hydrogen (secondary N) is 3. The van der Waals surface area contributed by atoms with E-state index in [1.54, 1.807) is 12.2 Å². The van der Waals surface area contributed by atoms with Crippen LogP contribution in [-0.4, -0.2) is 35.4 Å². The fraction of sp³-hybridized carbons (Fsp3) is 0.188. The highest BCUT2D eigenvalue weighted by atomic mass is 16.6. The molecule has 202 valence electrons. The number of rotatable bonds is 9. The van der Waals surface area contributed by atoms with Crippen molar-refractivity contribution in [1.82, 2.24) is 9.97 Å². The molecule has 3 aromatic carbocycles. The van der Waals surface area contributed by atoms with E-state index in [0.717, 1.165) is 46.9 Å². The number of carbonyl (C=O) groups excluding carboxylic acids is 2. The lowest BCUT2D eigenvalue weighted by Gasteiger charge is -2.14. The number of carbonyl (C=O) groups is 2. The number of allylic oxidation sites excluding steroid dienone is 1. The molecule has 4 aromatic rings. The predicted molar refractivity (Wildman–Crippen MR) is 155 cm³/mol. The zero-order valence-electron chi connectivity index (χ0n) is 22.3. The number of benzene rings is 3. The molecule has 0 saturated heterocycles. The molecule has 0 spiro atoms. The molecule has 1 aliphatic carbocycles. The molecule has 3 N–H and O–H groups in total. The summed E-state index contributed by atoms with van der Waals surface area (Å²) >= 11 is 0. The number of H-pyrrole nitrogens is 1. The largest absolute Gasteiger partial charge is 0.468 e. The molecule has 1 unspecified atom stereocenters. The monoisotopic (exact) mass is 534 g/mol. The third-order valence-electron chi connectivity index (χ3n) is 7.12. The Morgan fingerprint density at radius 1 is 0.975 bits per heavy atom. The SMILES string of the molecule is COC(=O)C1(c2ccc(-c3ccc(-c4[nH]c(C=CC=N)nc4NC(=O)OC(C)c4ccccc4)cc3)cc2)CC1. The summed E-state index contributed by atoms with van der Waals surface area (Å²) in [6, 6.07) is 25.4. The van der Waals surface area contributed by atoms with Gasteiger partial charge in [0, 0.05) is 11.8 Å². The topological polar surface area (TPSA) is 117 Å². The van der Waals surface area contributed by atoms with Crippen LogP contribution in [0.5, 0.6) is 0 Å². The summed E-state index contributed by atoms with van der Waals surface area (Å²) in [5.41, 5.74) is 4.83. The highest BCUT2D eigenvalue weighted by Crippen LogP contribution is 2.49. The average Bonchev–Trinajstić information content (AvgIpc) is 3.71. The van der Waals surface area contributed by atoms with Crippen molar-refractivity contribution in [2.45, 2.75) is 31.3 Å². The van der Waals surface area contributed by atoms with Gasteiger partial charge in [0.05, 0.1) is 18.2 Å². The van der Waals surface area contributed by atoms with Crippen molar-refractivity contribution < 1.29 is 19.1 Å². The van der Waals surface area contributed by atoms with Gasteiger partial charge in [0.1, 0.15) is 11.9 Å². The molecule has 0 radical (unpaired) electrons. The van der Waals surface area contributed by atoms with Gasteiger partial charge in [-0.25, -0.2) is 9.78 Å². The van der Waals surface area contributed by atoms with Crippen LogP contribution in [0.4, 0.5) is 10.6 Å². The number of hydrogen-bond donors (Lipinski definition) is 3. The number of esters is 1. The summed E-state index contributed by atoms with van der Waals surface area (Å²) in [6.07, 6.45) is 4.91. The standard InChI is InChI=1S/C32H30N4O4/c1-21(22-7-4-3-5-8-22)40-31(38)36-29-28(34-27(35-29)9-6-20-33)25-12-10-23(11-13-25)24-14-16-26(17-15-24)32(18-19-32)30(37)39-2/h3-17,20-21,33H,18-19H2,1-2H3,(H,34,35)(H,36,38). The second-order valence-corrected chi connectivity index (χ2v) is 9.68. The number of amides is 1. The van der Waals surface area contributed by atoms with Crippen molar-refractivity contribution in [3.63, 3.8) is 0 Å². The van der Waals surface area contributed by atoms with Crippen LogP contribution in [0.3, 0.4) is 0 Å². The third-order valence-corrected chi connectivity index (χ3v) is 7.12. The Morgan fingerprint density at radius 3 is 2.20 bits per heavy atom. The van der Waals surface area contributed by atoms with Gasteiger partial charge in [-0.2, -0.15) is 0 Å². The lowest BCUT2D eigenvalue weighted by atomic mass is 9.93. The zero-order chi connectivity index (χ0) is 28.1. The number of hydrogen-bond acceptors (Lipinski definition) is 6. The minimum absolute atomic E-state index is 0.179. The molecule has 40 heavy (non-hydrogen) atoms. The average molecular weight is 535 g/mol. The van der Waals surface area contributed by atoms with Crippen molar-refractivity contribution in [2.75, 3.05) is 12.4 Å². The van der Waals surface area contributed by atoms with Crippen molar-refractivity contribution in [2.24, 2.45) is 0 Å². The molecule has 1 saturated carbocycles. The fourth-order valence-corrected chi connectivity index (χ4v) is 4.73. The smallest absolute Gasteiger partial charge is 0.413 e. The van der Waals surface area contributed by atoms with Crippen LogP contribution in [0.15, 0.2) is 84.9 Å². The van der Waals surface area contributed by atoms with Gasteiger partial charge in [0.15, 0.2) is 5.82 Å². The van der Waals surface area contributed by atoms with Crippen LogP contribution in [-0.2, 0) is 19.7 Å². The number of ether oxygens (including phenoxy) is 2. The van der Waals surface area contributed by atoms with E-state index < -0.39 is 17.6 Å². The van der Waals surface area contributed by atoms with Crippen LogP contribution in [0.25, 0.3) is 28.5 Å². The van der Waals surface area contributed by atoms with Gasteiger partial charge in [0.2, 0.25) is 0 Å². The van der Waals surface area contributed by atoms with E-state index in [0.29, 0.717) is 17.3 Å². The molecule has 1 aromatic heterocycles. The molecule has 8 heteroatoms. The Morgan fingerprint density at radius 2 is 1.60 bits per heavy atom. The van der Waals surface area contributed by atoms with Crippen LogP contribution < -0.4 is 5.32 Å². The maximum absolute atomic E-state index is 12.7. The summed E-state index contributed by atoms with van der Waals surface area (Å²) in [4.78, 5) is 32.7. The predicted octanol–water partition coefficient (Wildman–Crippen LogP) is 6.92. The highest BCUT2D eigenvalue weighted by Gasteiger charge is 2.52. The van der Waals surface area contributed by atoms with Gasteiger partial charge in [-0.15, -0.1) is 0 Å². The van der Waals surface area contributed by atoms with Gasteiger partial charge < -0.3 is 19.9 Å². The van der Waals surface area contributed by atoms with Crippen LogP contribution in [0.1, 0.15) is 42.8 Å². The molecule has 1 amide bonds. The molecule has 0 bridgehead atoms. The van der Waals surface area contributed by atoms with Crippen LogP contribution in [0, 0.1) is 5.41 Å². The first-order valence-electron chi connectivity index (χ1n) is 13.0.